The van der Waals surface area contributed by atoms with Crippen molar-refractivity contribution in [2.24, 2.45) is 5.73 Å². The minimum atomic E-state index is -0.705. The molecule has 1 fully saturated rings. The summed E-state index contributed by atoms with van der Waals surface area (Å²) in [6.45, 7) is 0.658. The third-order valence-electron chi connectivity index (χ3n) is 2.41. The van der Waals surface area contributed by atoms with Crippen molar-refractivity contribution in [1.82, 2.24) is 0 Å². The van der Waals surface area contributed by atoms with Crippen molar-refractivity contribution in [1.29, 1.82) is 0 Å². The summed E-state index contributed by atoms with van der Waals surface area (Å²) in [5.74, 6) is 0. The van der Waals surface area contributed by atoms with Crippen LogP contribution in [0.15, 0.2) is 22.7 Å². The van der Waals surface area contributed by atoms with E-state index in [0.29, 0.717) is 23.2 Å². The van der Waals surface area contributed by atoms with E-state index in [1.165, 1.54) is 6.07 Å². The van der Waals surface area contributed by atoms with Gasteiger partial charge in [-0.05, 0) is 12.1 Å². The summed E-state index contributed by atoms with van der Waals surface area (Å²) in [6.07, 6.45) is 0. The van der Waals surface area contributed by atoms with Gasteiger partial charge >= 0.3 is 0 Å². The summed E-state index contributed by atoms with van der Waals surface area (Å²) in [5.41, 5.74) is 5.83. The molecule has 0 unspecified atom stereocenters. The van der Waals surface area contributed by atoms with E-state index in [1.807, 2.05) is 0 Å². The number of nitro benzene ring substituents is 1. The minimum absolute atomic E-state index is 0. The zero-order valence-electron chi connectivity index (χ0n) is 8.18. The molecular weight excluding hydrogens is 299 g/mol. The number of ether oxygens (including phenoxy) is 1. The molecule has 88 valence electrons. The maximum atomic E-state index is 10.8. The van der Waals surface area contributed by atoms with Crippen molar-refractivity contribution in [3.05, 3.63) is 38.3 Å². The summed E-state index contributed by atoms with van der Waals surface area (Å²) in [7, 11) is 0. The van der Waals surface area contributed by atoms with E-state index in [1.54, 1.807) is 12.1 Å². The molecule has 5 nitrogen and oxygen atoms in total. The van der Waals surface area contributed by atoms with Gasteiger partial charge in [0, 0.05) is 10.5 Å². The smallest absolute Gasteiger partial charge is 0.275 e. The summed E-state index contributed by atoms with van der Waals surface area (Å²) in [5, 5.41) is 10.8. The fourth-order valence-corrected chi connectivity index (χ4v) is 1.90. The molecule has 1 aliphatic rings. The van der Waals surface area contributed by atoms with Crippen molar-refractivity contribution < 1.29 is 9.66 Å². The molecule has 0 amide bonds. The summed E-state index contributed by atoms with van der Waals surface area (Å²) in [6, 6.07) is 4.88. The zero-order chi connectivity index (χ0) is 11.1. The summed E-state index contributed by atoms with van der Waals surface area (Å²) in [4.78, 5) is 10.4. The van der Waals surface area contributed by atoms with Gasteiger partial charge in [-0.1, -0.05) is 15.9 Å². The van der Waals surface area contributed by atoms with Crippen LogP contribution in [-0.2, 0) is 10.3 Å². The lowest BCUT2D eigenvalue weighted by molar-refractivity contribution is -0.386. The normalized spacial score (nSPS) is 17.1. The van der Waals surface area contributed by atoms with E-state index < -0.39 is 10.5 Å². The third-order valence-corrected chi connectivity index (χ3v) is 2.91. The number of nitro groups is 1. The van der Waals surface area contributed by atoms with Crippen molar-refractivity contribution in [3.8, 4) is 0 Å². The average Bonchev–Trinajstić information content (AvgIpc) is 2.14. The first-order valence-corrected chi connectivity index (χ1v) is 5.13. The number of rotatable bonds is 2. The minimum Gasteiger partial charge on any atom is -0.377 e. The lowest BCUT2D eigenvalue weighted by Crippen LogP contribution is -2.54. The molecule has 0 radical (unpaired) electrons. The van der Waals surface area contributed by atoms with Crippen LogP contribution in [0.2, 0.25) is 0 Å². The Morgan fingerprint density at radius 1 is 1.50 bits per heavy atom. The average molecular weight is 310 g/mol. The first-order chi connectivity index (χ1) is 7.03. The molecule has 0 aromatic heterocycles. The van der Waals surface area contributed by atoms with Crippen LogP contribution in [-0.4, -0.2) is 18.1 Å². The van der Waals surface area contributed by atoms with Crippen LogP contribution in [0.25, 0.3) is 0 Å². The highest BCUT2D eigenvalue weighted by molar-refractivity contribution is 9.10. The topological polar surface area (TPSA) is 78.4 Å². The molecule has 0 spiro atoms. The molecule has 1 aromatic rings. The summed E-state index contributed by atoms with van der Waals surface area (Å²) < 4.78 is 5.67. The van der Waals surface area contributed by atoms with Crippen LogP contribution in [0, 0.1) is 10.1 Å². The fraction of sp³-hybridized carbons (Fsp3) is 0.333. The predicted molar refractivity (Wildman–Crippen MR) is 64.7 cm³/mol. The lowest BCUT2D eigenvalue weighted by atomic mass is 9.88. The maximum Gasteiger partial charge on any atom is 0.275 e. The van der Waals surface area contributed by atoms with E-state index in [0.717, 1.165) is 0 Å². The SMILES string of the molecule is Cl.NC1(c2ccc(Br)cc2[N+](=O)[O-])COC1. The Kier molecular flexibility index (Phi) is 3.90. The molecule has 0 aliphatic carbocycles. The van der Waals surface area contributed by atoms with Crippen molar-refractivity contribution in [2.75, 3.05) is 13.2 Å². The Morgan fingerprint density at radius 2 is 2.12 bits per heavy atom. The summed E-state index contributed by atoms with van der Waals surface area (Å²) >= 11 is 3.19. The van der Waals surface area contributed by atoms with Crippen molar-refractivity contribution in [3.63, 3.8) is 0 Å². The van der Waals surface area contributed by atoms with E-state index in [9.17, 15) is 10.1 Å². The van der Waals surface area contributed by atoms with E-state index in [2.05, 4.69) is 15.9 Å². The number of nitrogens with zero attached hydrogens (tertiary/aromatic N) is 1. The van der Waals surface area contributed by atoms with Gasteiger partial charge in [0.15, 0.2) is 0 Å². The molecule has 0 saturated carbocycles. The van der Waals surface area contributed by atoms with Crippen LogP contribution in [0.3, 0.4) is 0 Å². The Morgan fingerprint density at radius 3 is 2.56 bits per heavy atom. The van der Waals surface area contributed by atoms with E-state index >= 15 is 0 Å². The lowest BCUT2D eigenvalue weighted by Gasteiger charge is -2.37. The third kappa shape index (κ3) is 2.20. The monoisotopic (exact) mass is 308 g/mol. The molecule has 1 heterocycles. The van der Waals surface area contributed by atoms with Gasteiger partial charge in [-0.15, -0.1) is 12.4 Å². The molecule has 2 N–H and O–H groups in total. The van der Waals surface area contributed by atoms with Gasteiger partial charge in [0.25, 0.3) is 5.69 Å². The van der Waals surface area contributed by atoms with Gasteiger partial charge in [0.2, 0.25) is 0 Å². The van der Waals surface area contributed by atoms with Gasteiger partial charge in [-0.25, -0.2) is 0 Å². The zero-order valence-corrected chi connectivity index (χ0v) is 10.6. The van der Waals surface area contributed by atoms with Crippen molar-refractivity contribution >= 4 is 34.0 Å². The van der Waals surface area contributed by atoms with Gasteiger partial charge in [-0.3, -0.25) is 10.1 Å². The number of benzene rings is 1. The van der Waals surface area contributed by atoms with E-state index in [4.69, 9.17) is 10.5 Å². The van der Waals surface area contributed by atoms with Gasteiger partial charge < -0.3 is 10.5 Å². The number of nitrogens with two attached hydrogens (primary N) is 1. The Hall–Kier alpha value is -0.690. The second kappa shape index (κ2) is 4.67. The molecule has 1 aliphatic heterocycles. The molecule has 16 heavy (non-hydrogen) atoms. The van der Waals surface area contributed by atoms with Crippen LogP contribution in [0.1, 0.15) is 5.56 Å². The largest absolute Gasteiger partial charge is 0.377 e. The number of halogens is 2. The Labute approximate surface area is 107 Å². The maximum absolute atomic E-state index is 10.8. The first-order valence-electron chi connectivity index (χ1n) is 4.34. The van der Waals surface area contributed by atoms with Crippen LogP contribution >= 0.6 is 28.3 Å². The first kappa shape index (κ1) is 13.4. The predicted octanol–water partition coefficient (Wildman–Crippen LogP) is 1.96. The molecule has 1 aromatic carbocycles. The Bertz CT molecular complexity index is 423. The van der Waals surface area contributed by atoms with Crippen LogP contribution < -0.4 is 5.73 Å². The Balaban J connectivity index is 0.00000128. The molecule has 0 atom stereocenters. The van der Waals surface area contributed by atoms with Gasteiger partial charge in [0.1, 0.15) is 0 Å². The molecule has 1 saturated heterocycles. The van der Waals surface area contributed by atoms with Crippen molar-refractivity contribution in [2.45, 2.75) is 5.54 Å². The fourth-order valence-electron chi connectivity index (χ4n) is 1.55. The highest BCUT2D eigenvalue weighted by atomic mass is 79.9. The van der Waals surface area contributed by atoms with Gasteiger partial charge in [-0.2, -0.15) is 0 Å². The molecule has 0 bridgehead atoms. The number of hydrogen-bond acceptors (Lipinski definition) is 4. The van der Waals surface area contributed by atoms with E-state index in [-0.39, 0.29) is 18.1 Å². The number of hydrogen-bond donors (Lipinski definition) is 1. The molecule has 2 rings (SSSR count). The second-order valence-electron chi connectivity index (χ2n) is 3.57. The van der Waals surface area contributed by atoms with Crippen LogP contribution in [0.4, 0.5) is 5.69 Å². The second-order valence-corrected chi connectivity index (χ2v) is 4.48. The van der Waals surface area contributed by atoms with Crippen LogP contribution in [0.5, 0.6) is 0 Å². The quantitative estimate of drug-likeness (QED) is 0.669. The standard InChI is InChI=1S/C9H9BrN2O3.ClH/c10-6-1-2-7(8(3-6)12(13)14)9(11)4-15-5-9;/h1-3H,4-5,11H2;1H. The molecule has 7 heteroatoms. The molecular formula is C9H10BrClN2O3. The highest BCUT2D eigenvalue weighted by Gasteiger charge is 2.40. The highest BCUT2D eigenvalue weighted by Crippen LogP contribution is 2.35. The van der Waals surface area contributed by atoms with Gasteiger partial charge in [0.05, 0.1) is 29.2 Å².